The summed E-state index contributed by atoms with van der Waals surface area (Å²) in [5.74, 6) is 0. The van der Waals surface area contributed by atoms with Gasteiger partial charge >= 0.3 is 0 Å². The minimum absolute atomic E-state index is 0.0352. The van der Waals surface area contributed by atoms with Crippen LogP contribution in [0.25, 0.3) is 0 Å². The predicted octanol–water partition coefficient (Wildman–Crippen LogP) is 4.24. The smallest absolute Gasteiger partial charge is 0.258 e. The van der Waals surface area contributed by atoms with E-state index in [2.05, 4.69) is 0 Å². The van der Waals surface area contributed by atoms with Gasteiger partial charge in [0.15, 0.2) is 0 Å². The number of rotatable bonds is 2. The van der Waals surface area contributed by atoms with Crippen LogP contribution in [0, 0.1) is 10.1 Å². The molecule has 1 rings (SSSR count). The lowest BCUT2D eigenvalue weighted by molar-refractivity contribution is -0.384. The molecule has 82 valence electrons. The van der Waals surface area contributed by atoms with Gasteiger partial charge in [0.05, 0.1) is 4.92 Å². The van der Waals surface area contributed by atoms with Crippen molar-refractivity contribution in [3.63, 3.8) is 0 Å². The Labute approximate surface area is 106 Å². The van der Waals surface area contributed by atoms with Gasteiger partial charge in [-0.15, -0.1) is 11.6 Å². The number of hydrogen-bond donors (Lipinski definition) is 0. The van der Waals surface area contributed by atoms with Crippen molar-refractivity contribution in [2.45, 2.75) is 9.17 Å². The topological polar surface area (TPSA) is 43.1 Å². The van der Waals surface area contributed by atoms with Crippen molar-refractivity contribution in [2.24, 2.45) is 0 Å². The van der Waals surface area contributed by atoms with E-state index < -0.39 is 14.1 Å². The SMILES string of the molecule is O=[N+]([O-])c1ccc([C@@H](Cl)C(Cl)(Cl)Cl)cc1. The van der Waals surface area contributed by atoms with Crippen LogP contribution in [0.4, 0.5) is 5.69 Å². The highest BCUT2D eigenvalue weighted by molar-refractivity contribution is 6.70. The molecule has 7 heteroatoms. The average molecular weight is 289 g/mol. The number of nitrogens with zero attached hydrogens (tertiary/aromatic N) is 1. The second kappa shape index (κ2) is 4.74. The van der Waals surface area contributed by atoms with Gasteiger partial charge in [-0.05, 0) is 5.56 Å². The van der Waals surface area contributed by atoms with E-state index in [-0.39, 0.29) is 5.69 Å². The van der Waals surface area contributed by atoms with Gasteiger partial charge < -0.3 is 0 Å². The van der Waals surface area contributed by atoms with Crippen LogP contribution in [-0.4, -0.2) is 8.72 Å². The number of alkyl halides is 4. The van der Waals surface area contributed by atoms with Crippen LogP contribution in [0.1, 0.15) is 10.9 Å². The van der Waals surface area contributed by atoms with E-state index in [9.17, 15) is 10.1 Å². The third-order valence-electron chi connectivity index (χ3n) is 1.68. The molecule has 0 N–H and O–H groups in total. The van der Waals surface area contributed by atoms with Gasteiger partial charge in [-0.1, -0.05) is 46.9 Å². The van der Waals surface area contributed by atoms with Gasteiger partial charge in [0.2, 0.25) is 3.79 Å². The van der Waals surface area contributed by atoms with Gasteiger partial charge in [-0.25, -0.2) is 0 Å². The molecule has 0 spiro atoms. The van der Waals surface area contributed by atoms with E-state index in [1.807, 2.05) is 0 Å². The summed E-state index contributed by atoms with van der Waals surface area (Å²) in [4.78, 5) is 9.86. The summed E-state index contributed by atoms with van der Waals surface area (Å²) >= 11 is 22.6. The molecular formula is C8H5Cl4NO2. The van der Waals surface area contributed by atoms with Crippen LogP contribution in [0.3, 0.4) is 0 Å². The van der Waals surface area contributed by atoms with Crippen LogP contribution >= 0.6 is 46.4 Å². The van der Waals surface area contributed by atoms with E-state index in [0.29, 0.717) is 5.56 Å². The molecule has 0 amide bonds. The molecule has 1 atom stereocenters. The summed E-state index contributed by atoms with van der Waals surface area (Å²) < 4.78 is -1.64. The maximum absolute atomic E-state index is 10.4. The quantitative estimate of drug-likeness (QED) is 0.464. The lowest BCUT2D eigenvalue weighted by atomic mass is 10.1. The second-order valence-corrected chi connectivity index (χ2v) is 5.56. The van der Waals surface area contributed by atoms with Gasteiger partial charge in [0.1, 0.15) is 5.38 Å². The number of halogens is 4. The van der Waals surface area contributed by atoms with E-state index in [0.717, 1.165) is 0 Å². The summed E-state index contributed by atoms with van der Waals surface area (Å²) in [6, 6.07) is 5.53. The zero-order valence-electron chi connectivity index (χ0n) is 7.16. The van der Waals surface area contributed by atoms with Crippen LogP contribution in [-0.2, 0) is 0 Å². The number of non-ortho nitro benzene ring substituents is 1. The first-order valence-corrected chi connectivity index (χ1v) is 5.34. The van der Waals surface area contributed by atoms with Crippen LogP contribution in [0.15, 0.2) is 24.3 Å². The highest BCUT2D eigenvalue weighted by Crippen LogP contribution is 2.44. The first-order valence-electron chi connectivity index (χ1n) is 3.77. The molecule has 0 aromatic heterocycles. The van der Waals surface area contributed by atoms with Gasteiger partial charge in [-0.2, -0.15) is 0 Å². The minimum atomic E-state index is -1.64. The normalized spacial score (nSPS) is 13.6. The summed E-state index contributed by atoms with van der Waals surface area (Å²) in [6.07, 6.45) is 0. The van der Waals surface area contributed by atoms with Crippen molar-refractivity contribution in [3.05, 3.63) is 39.9 Å². The molecule has 0 saturated heterocycles. The van der Waals surface area contributed by atoms with Gasteiger partial charge in [0, 0.05) is 12.1 Å². The van der Waals surface area contributed by atoms with E-state index in [1.165, 1.54) is 24.3 Å². The molecule has 0 fully saturated rings. The Morgan fingerprint density at radius 2 is 1.67 bits per heavy atom. The molecule has 1 aromatic carbocycles. The highest BCUT2D eigenvalue weighted by atomic mass is 35.6. The Balaban J connectivity index is 2.94. The molecule has 0 bridgehead atoms. The lowest BCUT2D eigenvalue weighted by Crippen LogP contribution is -2.11. The molecule has 0 aliphatic rings. The van der Waals surface area contributed by atoms with Gasteiger partial charge in [0.25, 0.3) is 5.69 Å². The Morgan fingerprint density at radius 1 is 1.20 bits per heavy atom. The average Bonchev–Trinajstić information content (AvgIpc) is 2.15. The zero-order valence-corrected chi connectivity index (χ0v) is 10.2. The zero-order chi connectivity index (χ0) is 11.6. The largest absolute Gasteiger partial charge is 0.269 e. The number of nitro groups is 1. The Kier molecular flexibility index (Phi) is 4.06. The Morgan fingerprint density at radius 3 is 2.00 bits per heavy atom. The van der Waals surface area contributed by atoms with E-state index >= 15 is 0 Å². The second-order valence-electron chi connectivity index (χ2n) is 2.75. The van der Waals surface area contributed by atoms with Crippen molar-refractivity contribution in [1.82, 2.24) is 0 Å². The Hall–Kier alpha value is -0.220. The first-order chi connectivity index (χ1) is 6.82. The van der Waals surface area contributed by atoms with Crippen molar-refractivity contribution < 1.29 is 4.92 Å². The number of nitro benzene ring substituents is 1. The maximum atomic E-state index is 10.4. The van der Waals surface area contributed by atoms with Crippen LogP contribution in [0.5, 0.6) is 0 Å². The third-order valence-corrected chi connectivity index (χ3v) is 3.25. The minimum Gasteiger partial charge on any atom is -0.258 e. The van der Waals surface area contributed by atoms with E-state index in [4.69, 9.17) is 46.4 Å². The van der Waals surface area contributed by atoms with E-state index in [1.54, 1.807) is 0 Å². The standard InChI is InChI=1S/C8H5Cl4NO2/c9-7(8(10,11)12)5-1-3-6(4-2-5)13(14)15/h1-4,7H/t7-/m1/s1. The molecule has 15 heavy (non-hydrogen) atoms. The predicted molar refractivity (Wildman–Crippen MR) is 62.0 cm³/mol. The first kappa shape index (κ1) is 12.8. The number of benzene rings is 1. The molecule has 0 aliphatic heterocycles. The molecule has 0 heterocycles. The highest BCUT2D eigenvalue weighted by Gasteiger charge is 2.32. The van der Waals surface area contributed by atoms with Crippen LogP contribution < -0.4 is 0 Å². The summed E-state index contributed by atoms with van der Waals surface area (Å²) in [5, 5.41) is 9.53. The Bertz CT molecular complexity index is 360. The summed E-state index contributed by atoms with van der Waals surface area (Å²) in [5.41, 5.74) is 0.481. The molecule has 0 aliphatic carbocycles. The molecule has 3 nitrogen and oxygen atoms in total. The van der Waals surface area contributed by atoms with Crippen molar-refractivity contribution in [2.75, 3.05) is 0 Å². The fourth-order valence-electron chi connectivity index (χ4n) is 0.954. The molecule has 0 saturated carbocycles. The summed E-state index contributed by atoms with van der Waals surface area (Å²) in [7, 11) is 0. The maximum Gasteiger partial charge on any atom is 0.269 e. The third kappa shape index (κ3) is 3.38. The van der Waals surface area contributed by atoms with Gasteiger partial charge in [-0.3, -0.25) is 10.1 Å². The molecule has 0 radical (unpaired) electrons. The van der Waals surface area contributed by atoms with Crippen molar-refractivity contribution in [3.8, 4) is 0 Å². The molecular weight excluding hydrogens is 284 g/mol. The molecule has 1 aromatic rings. The van der Waals surface area contributed by atoms with Crippen LogP contribution in [0.2, 0.25) is 0 Å². The van der Waals surface area contributed by atoms with Crippen molar-refractivity contribution in [1.29, 1.82) is 0 Å². The monoisotopic (exact) mass is 287 g/mol. The lowest BCUT2D eigenvalue weighted by Gasteiger charge is -2.17. The molecule has 0 unspecified atom stereocenters. The fraction of sp³-hybridized carbons (Fsp3) is 0.250. The summed E-state index contributed by atoms with van der Waals surface area (Å²) in [6.45, 7) is 0. The van der Waals surface area contributed by atoms with Crippen molar-refractivity contribution >= 4 is 52.1 Å². The number of hydrogen-bond acceptors (Lipinski definition) is 2. The fourth-order valence-corrected chi connectivity index (χ4v) is 1.48.